The van der Waals surface area contributed by atoms with E-state index in [0.29, 0.717) is 0 Å². The number of rotatable bonds is 5. The molecular formula is C17H26O2S. The lowest BCUT2D eigenvalue weighted by molar-refractivity contribution is 0.559. The van der Waals surface area contributed by atoms with Gasteiger partial charge in [0.25, 0.3) is 0 Å². The van der Waals surface area contributed by atoms with Crippen LogP contribution in [0.1, 0.15) is 51.7 Å². The molecule has 1 aromatic rings. The molecule has 0 aliphatic heterocycles. The Labute approximate surface area is 123 Å². The molecule has 20 heavy (non-hydrogen) atoms. The average molecular weight is 294 g/mol. The van der Waals surface area contributed by atoms with Crippen molar-refractivity contribution in [2.45, 2.75) is 57.5 Å². The molecule has 0 heterocycles. The van der Waals surface area contributed by atoms with Crippen LogP contribution in [0.5, 0.6) is 0 Å². The van der Waals surface area contributed by atoms with E-state index in [1.165, 1.54) is 18.4 Å². The monoisotopic (exact) mass is 294 g/mol. The maximum absolute atomic E-state index is 12.2. The Kier molecular flexibility index (Phi) is 4.29. The molecule has 3 heteroatoms. The van der Waals surface area contributed by atoms with Gasteiger partial charge in [-0.25, -0.2) is 8.42 Å². The Balaban J connectivity index is 1.94. The van der Waals surface area contributed by atoms with Gasteiger partial charge in [0.15, 0.2) is 9.84 Å². The van der Waals surface area contributed by atoms with Gasteiger partial charge < -0.3 is 0 Å². The van der Waals surface area contributed by atoms with Crippen molar-refractivity contribution in [2.75, 3.05) is 0 Å². The van der Waals surface area contributed by atoms with Gasteiger partial charge in [-0.1, -0.05) is 31.2 Å². The van der Waals surface area contributed by atoms with Gasteiger partial charge in [-0.3, -0.25) is 0 Å². The van der Waals surface area contributed by atoms with Crippen molar-refractivity contribution >= 4 is 9.84 Å². The number of hydrogen-bond donors (Lipinski definition) is 0. The summed E-state index contributed by atoms with van der Waals surface area (Å²) < 4.78 is 23.6. The van der Waals surface area contributed by atoms with E-state index in [4.69, 9.17) is 0 Å². The summed E-state index contributed by atoms with van der Waals surface area (Å²) in [6.45, 7) is 7.58. The minimum absolute atomic E-state index is 0.135. The Morgan fingerprint density at radius 1 is 1.10 bits per heavy atom. The van der Waals surface area contributed by atoms with Crippen molar-refractivity contribution < 1.29 is 8.42 Å². The zero-order valence-corrected chi connectivity index (χ0v) is 13.8. The standard InChI is InChI=1S/C17H26O2S/c1-13-11-16(13)10-9-14-5-7-15(8-6-14)12-20(18,19)17(2,3)4/h5-8,13,16H,9-12H2,1-4H3. The van der Waals surface area contributed by atoms with Gasteiger partial charge >= 0.3 is 0 Å². The van der Waals surface area contributed by atoms with E-state index in [1.807, 2.05) is 12.1 Å². The molecule has 2 rings (SSSR count). The summed E-state index contributed by atoms with van der Waals surface area (Å²) in [5, 5.41) is 0. The SMILES string of the molecule is CC1CC1CCc1ccc(CS(=O)(=O)C(C)(C)C)cc1. The molecule has 0 radical (unpaired) electrons. The second-order valence-corrected chi connectivity index (χ2v) is 9.94. The third-order valence-corrected chi connectivity index (χ3v) is 6.97. The number of aryl methyl sites for hydroxylation is 1. The summed E-state index contributed by atoms with van der Waals surface area (Å²) >= 11 is 0. The van der Waals surface area contributed by atoms with Crippen molar-refractivity contribution in [1.29, 1.82) is 0 Å². The van der Waals surface area contributed by atoms with Crippen LogP contribution in [-0.4, -0.2) is 13.2 Å². The molecule has 1 aliphatic carbocycles. The first-order valence-corrected chi connectivity index (χ1v) is 9.14. The molecule has 0 amide bonds. The third-order valence-electron chi connectivity index (χ3n) is 4.39. The molecule has 0 aromatic heterocycles. The van der Waals surface area contributed by atoms with E-state index < -0.39 is 14.6 Å². The number of sulfone groups is 1. The highest BCUT2D eigenvalue weighted by molar-refractivity contribution is 7.91. The van der Waals surface area contributed by atoms with Gasteiger partial charge in [0.1, 0.15) is 0 Å². The first-order chi connectivity index (χ1) is 9.19. The van der Waals surface area contributed by atoms with Gasteiger partial charge in [0.2, 0.25) is 0 Å². The Morgan fingerprint density at radius 2 is 1.60 bits per heavy atom. The summed E-state index contributed by atoms with van der Waals surface area (Å²) in [6.07, 6.45) is 3.75. The molecule has 2 atom stereocenters. The van der Waals surface area contributed by atoms with Gasteiger partial charge in [-0.2, -0.15) is 0 Å². The summed E-state index contributed by atoms with van der Waals surface area (Å²) in [6, 6.07) is 8.10. The van der Waals surface area contributed by atoms with Crippen LogP contribution >= 0.6 is 0 Å². The van der Waals surface area contributed by atoms with E-state index in [9.17, 15) is 8.42 Å². The minimum Gasteiger partial charge on any atom is -0.228 e. The summed E-state index contributed by atoms with van der Waals surface area (Å²) in [7, 11) is -3.09. The van der Waals surface area contributed by atoms with E-state index >= 15 is 0 Å². The maximum atomic E-state index is 12.2. The van der Waals surface area contributed by atoms with E-state index in [1.54, 1.807) is 20.8 Å². The molecular weight excluding hydrogens is 268 g/mol. The fourth-order valence-corrected chi connectivity index (χ4v) is 3.46. The normalized spacial score (nSPS) is 22.8. The molecule has 1 fully saturated rings. The highest BCUT2D eigenvalue weighted by Crippen LogP contribution is 2.41. The highest BCUT2D eigenvalue weighted by Gasteiger charge is 2.31. The van der Waals surface area contributed by atoms with Crippen LogP contribution in [0.4, 0.5) is 0 Å². The lowest BCUT2D eigenvalue weighted by Gasteiger charge is -2.19. The molecule has 0 saturated heterocycles. The van der Waals surface area contributed by atoms with Crippen molar-refractivity contribution in [2.24, 2.45) is 11.8 Å². The van der Waals surface area contributed by atoms with E-state index in [2.05, 4.69) is 19.1 Å². The predicted molar refractivity (Wildman–Crippen MR) is 84.4 cm³/mol. The van der Waals surface area contributed by atoms with Gasteiger partial charge in [-0.05, 0) is 63.0 Å². The fraction of sp³-hybridized carbons (Fsp3) is 0.647. The second kappa shape index (κ2) is 5.51. The van der Waals surface area contributed by atoms with Gasteiger partial charge in [-0.15, -0.1) is 0 Å². The quantitative estimate of drug-likeness (QED) is 0.823. The lowest BCUT2D eigenvalue weighted by Crippen LogP contribution is -2.29. The topological polar surface area (TPSA) is 34.1 Å². The molecule has 112 valence electrons. The average Bonchev–Trinajstić information content (AvgIpc) is 3.03. The predicted octanol–water partition coefficient (Wildman–Crippen LogP) is 3.99. The van der Waals surface area contributed by atoms with Crippen LogP contribution in [0.2, 0.25) is 0 Å². The summed E-state index contributed by atoms with van der Waals surface area (Å²) in [5.74, 6) is 1.96. The molecule has 0 N–H and O–H groups in total. The van der Waals surface area contributed by atoms with Gasteiger partial charge in [0, 0.05) is 0 Å². The minimum atomic E-state index is -3.09. The second-order valence-electron chi connectivity index (χ2n) is 7.20. The van der Waals surface area contributed by atoms with Crippen molar-refractivity contribution in [3.8, 4) is 0 Å². The van der Waals surface area contributed by atoms with Crippen LogP contribution in [0.3, 0.4) is 0 Å². The van der Waals surface area contributed by atoms with Crippen LogP contribution in [0, 0.1) is 11.8 Å². The molecule has 0 spiro atoms. The molecule has 1 saturated carbocycles. The van der Waals surface area contributed by atoms with Crippen molar-refractivity contribution in [3.63, 3.8) is 0 Å². The lowest BCUT2D eigenvalue weighted by atomic mass is 10.1. The zero-order valence-electron chi connectivity index (χ0n) is 13.0. The summed E-state index contributed by atoms with van der Waals surface area (Å²) in [4.78, 5) is 0. The Hall–Kier alpha value is -0.830. The smallest absolute Gasteiger partial charge is 0.159 e. The molecule has 2 nitrogen and oxygen atoms in total. The largest absolute Gasteiger partial charge is 0.228 e. The number of benzene rings is 1. The number of hydrogen-bond acceptors (Lipinski definition) is 2. The fourth-order valence-electron chi connectivity index (χ4n) is 2.39. The van der Waals surface area contributed by atoms with E-state index in [0.717, 1.165) is 23.8 Å². The highest BCUT2D eigenvalue weighted by atomic mass is 32.2. The van der Waals surface area contributed by atoms with Crippen LogP contribution in [0.15, 0.2) is 24.3 Å². The molecule has 1 aromatic carbocycles. The summed E-state index contributed by atoms with van der Waals surface area (Å²) in [5.41, 5.74) is 2.21. The van der Waals surface area contributed by atoms with Crippen LogP contribution in [-0.2, 0) is 22.0 Å². The first kappa shape index (κ1) is 15.6. The first-order valence-electron chi connectivity index (χ1n) is 7.49. The van der Waals surface area contributed by atoms with Crippen LogP contribution < -0.4 is 0 Å². The molecule has 0 bridgehead atoms. The zero-order chi connectivity index (χ0) is 15.0. The third kappa shape index (κ3) is 3.85. The molecule has 2 unspecified atom stereocenters. The van der Waals surface area contributed by atoms with Crippen LogP contribution in [0.25, 0.3) is 0 Å². The van der Waals surface area contributed by atoms with Crippen molar-refractivity contribution in [1.82, 2.24) is 0 Å². The Bertz CT molecular complexity index is 550. The van der Waals surface area contributed by atoms with Crippen molar-refractivity contribution in [3.05, 3.63) is 35.4 Å². The van der Waals surface area contributed by atoms with E-state index in [-0.39, 0.29) is 5.75 Å². The van der Waals surface area contributed by atoms with Gasteiger partial charge in [0.05, 0.1) is 10.5 Å². The maximum Gasteiger partial charge on any atom is 0.159 e. The molecule has 1 aliphatic rings. The Morgan fingerprint density at radius 3 is 2.05 bits per heavy atom.